The van der Waals surface area contributed by atoms with Crippen LogP contribution in [0.2, 0.25) is 0 Å². The maximum absolute atomic E-state index is 12.0. The molecule has 1 atom stereocenters. The standard InChI is InChI=1S/C19H18N4O2S/c20-19(26)23-22-17(12-6-2-1-3-7-12)10-14(18(24)25)15-11-21-16-9-5-4-8-13(15)16/h1-9,11,14,21H,10H2,(H,24,25)(H3,20,23,26)/b22-17-. The van der Waals surface area contributed by atoms with Crippen LogP contribution < -0.4 is 11.2 Å². The highest BCUT2D eigenvalue weighted by Gasteiger charge is 2.25. The maximum Gasteiger partial charge on any atom is 0.311 e. The lowest BCUT2D eigenvalue weighted by Crippen LogP contribution is -2.26. The number of nitrogens with two attached hydrogens (primary N) is 1. The molecule has 0 aliphatic carbocycles. The van der Waals surface area contributed by atoms with Crippen molar-refractivity contribution in [3.05, 3.63) is 71.9 Å². The van der Waals surface area contributed by atoms with E-state index in [-0.39, 0.29) is 11.5 Å². The summed E-state index contributed by atoms with van der Waals surface area (Å²) in [5.41, 5.74) is 11.0. The second kappa shape index (κ2) is 7.79. The second-order valence-electron chi connectivity index (χ2n) is 5.79. The number of hydrogen-bond donors (Lipinski definition) is 4. The summed E-state index contributed by atoms with van der Waals surface area (Å²) >= 11 is 4.81. The summed E-state index contributed by atoms with van der Waals surface area (Å²) in [7, 11) is 0. The molecule has 3 rings (SSSR count). The molecule has 1 heterocycles. The molecule has 0 amide bonds. The van der Waals surface area contributed by atoms with E-state index in [1.807, 2.05) is 54.6 Å². The molecule has 0 radical (unpaired) electrons. The fourth-order valence-electron chi connectivity index (χ4n) is 2.89. The number of aromatic amines is 1. The van der Waals surface area contributed by atoms with E-state index in [2.05, 4.69) is 15.5 Å². The third kappa shape index (κ3) is 3.89. The lowest BCUT2D eigenvalue weighted by Gasteiger charge is -2.14. The summed E-state index contributed by atoms with van der Waals surface area (Å²) in [6, 6.07) is 17.0. The number of aromatic nitrogens is 1. The van der Waals surface area contributed by atoms with Crippen molar-refractivity contribution in [2.75, 3.05) is 0 Å². The Hall–Kier alpha value is -3.19. The van der Waals surface area contributed by atoms with E-state index in [1.165, 1.54) is 0 Å². The number of carbonyl (C=O) groups is 1. The number of nitrogens with zero attached hydrogens (tertiary/aromatic N) is 1. The summed E-state index contributed by atoms with van der Waals surface area (Å²) in [4.78, 5) is 15.1. The van der Waals surface area contributed by atoms with Crippen LogP contribution in [0.4, 0.5) is 0 Å². The highest BCUT2D eigenvalue weighted by Crippen LogP contribution is 2.29. The number of para-hydroxylation sites is 1. The third-order valence-electron chi connectivity index (χ3n) is 4.10. The Kier molecular flexibility index (Phi) is 5.28. The molecule has 7 heteroatoms. The van der Waals surface area contributed by atoms with Crippen LogP contribution in [0, 0.1) is 0 Å². The maximum atomic E-state index is 12.0. The molecule has 0 fully saturated rings. The quantitative estimate of drug-likeness (QED) is 0.305. The first-order chi connectivity index (χ1) is 12.6. The predicted octanol–water partition coefficient (Wildman–Crippen LogP) is 2.96. The largest absolute Gasteiger partial charge is 0.481 e. The first kappa shape index (κ1) is 17.6. The van der Waals surface area contributed by atoms with Gasteiger partial charge in [0.15, 0.2) is 5.11 Å². The van der Waals surface area contributed by atoms with Gasteiger partial charge in [-0.2, -0.15) is 5.10 Å². The monoisotopic (exact) mass is 366 g/mol. The van der Waals surface area contributed by atoms with Crippen LogP contribution in [0.3, 0.4) is 0 Å². The number of fused-ring (bicyclic) bond motifs is 1. The molecular weight excluding hydrogens is 348 g/mol. The van der Waals surface area contributed by atoms with E-state index >= 15 is 0 Å². The van der Waals surface area contributed by atoms with Crippen LogP contribution >= 0.6 is 12.2 Å². The van der Waals surface area contributed by atoms with Crippen molar-refractivity contribution in [2.45, 2.75) is 12.3 Å². The summed E-state index contributed by atoms with van der Waals surface area (Å²) in [6.07, 6.45) is 1.93. The molecule has 26 heavy (non-hydrogen) atoms. The molecule has 1 unspecified atom stereocenters. The number of carboxylic acids is 1. The zero-order chi connectivity index (χ0) is 18.5. The lowest BCUT2D eigenvalue weighted by atomic mass is 9.91. The van der Waals surface area contributed by atoms with Gasteiger partial charge in [-0.3, -0.25) is 10.2 Å². The Balaban J connectivity index is 2.00. The van der Waals surface area contributed by atoms with E-state index < -0.39 is 11.9 Å². The van der Waals surface area contributed by atoms with E-state index in [1.54, 1.807) is 6.20 Å². The van der Waals surface area contributed by atoms with E-state index in [4.69, 9.17) is 18.0 Å². The van der Waals surface area contributed by atoms with Crippen molar-refractivity contribution in [1.29, 1.82) is 0 Å². The number of H-pyrrole nitrogens is 1. The number of carboxylic acid groups (broad SMARTS) is 1. The molecule has 0 saturated heterocycles. The molecule has 0 saturated carbocycles. The van der Waals surface area contributed by atoms with Gasteiger partial charge in [0.2, 0.25) is 0 Å². The zero-order valence-electron chi connectivity index (χ0n) is 13.8. The average molecular weight is 366 g/mol. The molecule has 0 aliphatic rings. The molecule has 6 nitrogen and oxygen atoms in total. The molecule has 132 valence electrons. The number of rotatable bonds is 6. The summed E-state index contributed by atoms with van der Waals surface area (Å²) < 4.78 is 0. The van der Waals surface area contributed by atoms with Gasteiger partial charge in [0.25, 0.3) is 0 Å². The fraction of sp³-hybridized carbons (Fsp3) is 0.105. The number of hydrogen-bond acceptors (Lipinski definition) is 3. The number of hydrazone groups is 1. The van der Waals surface area contributed by atoms with E-state index in [0.717, 1.165) is 16.5 Å². The van der Waals surface area contributed by atoms with Gasteiger partial charge in [-0.15, -0.1) is 0 Å². The van der Waals surface area contributed by atoms with Gasteiger partial charge in [-0.05, 0) is 29.4 Å². The van der Waals surface area contributed by atoms with E-state index in [9.17, 15) is 9.90 Å². The van der Waals surface area contributed by atoms with Gasteiger partial charge in [-0.1, -0.05) is 48.5 Å². The summed E-state index contributed by atoms with van der Waals surface area (Å²) in [5, 5.41) is 15.0. The van der Waals surface area contributed by atoms with E-state index in [0.29, 0.717) is 11.3 Å². The van der Waals surface area contributed by atoms with Crippen molar-refractivity contribution in [1.82, 2.24) is 10.4 Å². The number of nitrogens with one attached hydrogen (secondary N) is 2. The van der Waals surface area contributed by atoms with Crippen LogP contribution in [-0.4, -0.2) is 26.9 Å². The Morgan fingerprint density at radius 3 is 2.58 bits per heavy atom. The Morgan fingerprint density at radius 2 is 1.88 bits per heavy atom. The Labute approximate surface area is 155 Å². The highest BCUT2D eigenvalue weighted by atomic mass is 32.1. The number of benzene rings is 2. The van der Waals surface area contributed by atoms with Crippen LogP contribution in [0.1, 0.15) is 23.5 Å². The molecule has 0 spiro atoms. The van der Waals surface area contributed by atoms with Gasteiger partial charge in [0, 0.05) is 23.5 Å². The lowest BCUT2D eigenvalue weighted by molar-refractivity contribution is -0.138. The topological polar surface area (TPSA) is 104 Å². The molecule has 2 aromatic carbocycles. The smallest absolute Gasteiger partial charge is 0.311 e. The normalized spacial score (nSPS) is 12.7. The van der Waals surface area contributed by atoms with Gasteiger partial charge in [0.05, 0.1) is 11.6 Å². The first-order valence-electron chi connectivity index (χ1n) is 8.02. The fourth-order valence-corrected chi connectivity index (χ4v) is 2.93. The van der Waals surface area contributed by atoms with Gasteiger partial charge < -0.3 is 15.8 Å². The van der Waals surface area contributed by atoms with Gasteiger partial charge in [0.1, 0.15) is 0 Å². The number of thiocarbonyl (C=S) groups is 1. The zero-order valence-corrected chi connectivity index (χ0v) is 14.7. The minimum absolute atomic E-state index is 0.0254. The average Bonchev–Trinajstić information content (AvgIpc) is 3.06. The SMILES string of the molecule is NC(=S)N/N=C(/CC(C(=O)O)c1c[nH]c2ccccc12)c1ccccc1. The van der Waals surface area contributed by atoms with Crippen molar-refractivity contribution in [3.8, 4) is 0 Å². The van der Waals surface area contributed by atoms with Crippen LogP contribution in [0.25, 0.3) is 10.9 Å². The molecule has 0 bridgehead atoms. The minimum atomic E-state index is -0.922. The molecule has 1 aromatic heterocycles. The third-order valence-corrected chi connectivity index (χ3v) is 4.19. The molecular formula is C19H18N4O2S. The first-order valence-corrected chi connectivity index (χ1v) is 8.43. The van der Waals surface area contributed by atoms with Gasteiger partial charge in [-0.25, -0.2) is 0 Å². The van der Waals surface area contributed by atoms with Crippen LogP contribution in [-0.2, 0) is 4.79 Å². The molecule has 0 aliphatic heterocycles. The van der Waals surface area contributed by atoms with Crippen molar-refractivity contribution >= 4 is 39.9 Å². The Morgan fingerprint density at radius 1 is 1.19 bits per heavy atom. The van der Waals surface area contributed by atoms with Crippen molar-refractivity contribution in [2.24, 2.45) is 10.8 Å². The highest BCUT2D eigenvalue weighted by molar-refractivity contribution is 7.80. The van der Waals surface area contributed by atoms with Crippen molar-refractivity contribution < 1.29 is 9.90 Å². The van der Waals surface area contributed by atoms with Crippen LogP contribution in [0.5, 0.6) is 0 Å². The summed E-state index contributed by atoms with van der Waals surface area (Å²) in [6.45, 7) is 0. The molecule has 5 N–H and O–H groups in total. The Bertz CT molecular complexity index is 966. The summed E-state index contributed by atoms with van der Waals surface area (Å²) in [5.74, 6) is -1.69. The predicted molar refractivity (Wildman–Crippen MR) is 106 cm³/mol. The van der Waals surface area contributed by atoms with Crippen molar-refractivity contribution in [3.63, 3.8) is 0 Å². The second-order valence-corrected chi connectivity index (χ2v) is 6.22. The van der Waals surface area contributed by atoms with Crippen LogP contribution in [0.15, 0.2) is 65.9 Å². The minimum Gasteiger partial charge on any atom is -0.481 e. The molecule has 3 aromatic rings. The number of aliphatic carboxylic acids is 1. The van der Waals surface area contributed by atoms with Gasteiger partial charge >= 0.3 is 5.97 Å².